The second kappa shape index (κ2) is 13.9. The molecule has 2 heterocycles. The van der Waals surface area contributed by atoms with Crippen LogP contribution in [0.3, 0.4) is 0 Å². The highest BCUT2D eigenvalue weighted by atomic mass is 19.1. The molecule has 1 saturated carbocycles. The molecule has 2 saturated heterocycles. The summed E-state index contributed by atoms with van der Waals surface area (Å²) in [6.45, 7) is 6.07. The fourth-order valence-corrected chi connectivity index (χ4v) is 6.79. The van der Waals surface area contributed by atoms with E-state index >= 15 is 0 Å². The molecule has 41 heavy (non-hydrogen) atoms. The molecule has 0 radical (unpaired) electrons. The van der Waals surface area contributed by atoms with Crippen molar-refractivity contribution >= 4 is 11.8 Å². The molecule has 2 aliphatic heterocycles. The highest BCUT2D eigenvalue weighted by Gasteiger charge is 2.42. The molecule has 5 rings (SSSR count). The van der Waals surface area contributed by atoms with E-state index in [2.05, 4.69) is 41.4 Å². The lowest BCUT2D eigenvalue weighted by Crippen LogP contribution is -2.47. The highest BCUT2D eigenvalue weighted by Crippen LogP contribution is 2.30. The number of carbonyl (C=O) groups is 2. The van der Waals surface area contributed by atoms with E-state index in [4.69, 9.17) is 10.5 Å². The van der Waals surface area contributed by atoms with Crippen LogP contribution >= 0.6 is 0 Å². The zero-order valence-corrected chi connectivity index (χ0v) is 24.3. The molecule has 7 nitrogen and oxygen atoms in total. The van der Waals surface area contributed by atoms with Crippen molar-refractivity contribution in [1.29, 1.82) is 0 Å². The molecule has 3 fully saturated rings. The van der Waals surface area contributed by atoms with Gasteiger partial charge in [0.1, 0.15) is 11.9 Å². The number of nitrogens with one attached hydrogen (secondary N) is 1. The van der Waals surface area contributed by atoms with E-state index in [1.165, 1.54) is 35.4 Å². The number of benzene rings is 2. The van der Waals surface area contributed by atoms with Crippen LogP contribution in [0.15, 0.2) is 48.5 Å². The average Bonchev–Trinajstić information content (AvgIpc) is 3.67. The first kappa shape index (κ1) is 29.7. The Morgan fingerprint density at radius 2 is 1.78 bits per heavy atom. The number of halogens is 1. The second-order valence-corrected chi connectivity index (χ2v) is 12.3. The molecule has 5 atom stereocenters. The number of ether oxygens (including phenoxy) is 1. The SMILES string of the molecule is Cc1ccc(CN(CC2CCCO2)C2CC(C(=O)NCC3CCCC(CN)C3)N(C(=O)c3ccc(F)cc3)C2)cc1. The molecular weight excluding hydrogens is 519 g/mol. The van der Waals surface area contributed by atoms with Gasteiger partial charge in [0, 0.05) is 44.4 Å². The van der Waals surface area contributed by atoms with Crippen LogP contribution in [0.1, 0.15) is 66.4 Å². The fourth-order valence-electron chi connectivity index (χ4n) is 6.79. The van der Waals surface area contributed by atoms with Gasteiger partial charge in [0.2, 0.25) is 5.91 Å². The Morgan fingerprint density at radius 3 is 2.49 bits per heavy atom. The number of likely N-dealkylation sites (tertiary alicyclic amines) is 1. The summed E-state index contributed by atoms with van der Waals surface area (Å²) in [4.78, 5) is 31.5. The van der Waals surface area contributed by atoms with E-state index in [0.717, 1.165) is 58.2 Å². The van der Waals surface area contributed by atoms with E-state index in [1.807, 2.05) is 0 Å². The Kier molecular flexibility index (Phi) is 10.1. The fraction of sp³-hybridized carbons (Fsp3) is 0.576. The third-order valence-corrected chi connectivity index (χ3v) is 9.21. The number of nitrogens with two attached hydrogens (primary N) is 1. The van der Waals surface area contributed by atoms with Gasteiger partial charge in [-0.3, -0.25) is 14.5 Å². The largest absolute Gasteiger partial charge is 0.377 e. The van der Waals surface area contributed by atoms with Crippen molar-refractivity contribution in [2.75, 3.05) is 32.8 Å². The Morgan fingerprint density at radius 1 is 1.02 bits per heavy atom. The van der Waals surface area contributed by atoms with Gasteiger partial charge in [0.25, 0.3) is 5.91 Å². The predicted octanol–water partition coefficient (Wildman–Crippen LogP) is 4.28. The summed E-state index contributed by atoms with van der Waals surface area (Å²) in [5.74, 6) is 0.203. The first-order valence-corrected chi connectivity index (χ1v) is 15.3. The topological polar surface area (TPSA) is 87.9 Å². The van der Waals surface area contributed by atoms with Crippen LogP contribution in [0.2, 0.25) is 0 Å². The van der Waals surface area contributed by atoms with Gasteiger partial charge in [-0.05, 0) is 93.7 Å². The van der Waals surface area contributed by atoms with E-state index in [9.17, 15) is 14.0 Å². The minimum absolute atomic E-state index is 0.00282. The highest BCUT2D eigenvalue weighted by molar-refractivity contribution is 5.98. The zero-order valence-electron chi connectivity index (χ0n) is 24.3. The summed E-state index contributed by atoms with van der Waals surface area (Å²) < 4.78 is 19.6. The third-order valence-electron chi connectivity index (χ3n) is 9.21. The maximum atomic E-state index is 13.7. The lowest BCUT2D eigenvalue weighted by Gasteiger charge is -2.31. The van der Waals surface area contributed by atoms with Crippen LogP contribution < -0.4 is 11.1 Å². The maximum absolute atomic E-state index is 13.7. The Balaban J connectivity index is 1.34. The average molecular weight is 565 g/mol. The monoisotopic (exact) mass is 564 g/mol. The molecule has 2 aromatic rings. The molecular formula is C33H45FN4O3. The lowest BCUT2D eigenvalue weighted by molar-refractivity contribution is -0.125. The standard InChI is InChI=1S/C33H45FN4O3/c1-23-7-9-24(10-8-23)20-37(22-30-6-3-15-41-30)29-17-31(32(39)36-19-26-5-2-4-25(16-26)18-35)38(21-29)33(40)27-11-13-28(34)14-12-27/h7-14,25-26,29-31H,2-6,15-22,35H2,1H3,(H,36,39). The number of aryl methyl sites for hydroxylation is 1. The minimum Gasteiger partial charge on any atom is -0.377 e. The van der Waals surface area contributed by atoms with E-state index in [-0.39, 0.29) is 29.8 Å². The number of amides is 2. The molecule has 3 aliphatic rings. The van der Waals surface area contributed by atoms with Gasteiger partial charge in [-0.25, -0.2) is 4.39 Å². The molecule has 8 heteroatoms. The molecule has 3 N–H and O–H groups in total. The molecule has 2 aromatic carbocycles. The number of nitrogens with zero attached hydrogens (tertiary/aromatic N) is 2. The van der Waals surface area contributed by atoms with Crippen molar-refractivity contribution in [2.24, 2.45) is 17.6 Å². The van der Waals surface area contributed by atoms with Crippen LogP contribution in [0, 0.1) is 24.6 Å². The summed E-state index contributed by atoms with van der Waals surface area (Å²) in [5, 5.41) is 3.20. The third kappa shape index (κ3) is 7.73. The van der Waals surface area contributed by atoms with Gasteiger partial charge in [-0.15, -0.1) is 0 Å². The van der Waals surface area contributed by atoms with E-state index < -0.39 is 6.04 Å². The minimum atomic E-state index is -0.587. The van der Waals surface area contributed by atoms with Crippen molar-refractivity contribution in [2.45, 2.75) is 76.6 Å². The molecule has 0 aromatic heterocycles. The number of carbonyl (C=O) groups excluding carboxylic acids is 2. The van der Waals surface area contributed by atoms with E-state index in [1.54, 1.807) is 4.90 Å². The predicted molar refractivity (Wildman–Crippen MR) is 158 cm³/mol. The van der Waals surface area contributed by atoms with Crippen molar-refractivity contribution < 1.29 is 18.7 Å². The Labute approximate surface area is 243 Å². The Hall–Kier alpha value is -2.81. The second-order valence-electron chi connectivity index (χ2n) is 12.3. The molecule has 0 bridgehead atoms. The zero-order chi connectivity index (χ0) is 28.8. The van der Waals surface area contributed by atoms with Crippen LogP contribution in [0.25, 0.3) is 0 Å². The quantitative estimate of drug-likeness (QED) is 0.450. The Bertz CT molecular complexity index is 1150. The van der Waals surface area contributed by atoms with Crippen LogP contribution in [-0.2, 0) is 16.1 Å². The van der Waals surface area contributed by atoms with Gasteiger partial charge >= 0.3 is 0 Å². The summed E-state index contributed by atoms with van der Waals surface area (Å²) in [7, 11) is 0. The molecule has 2 amide bonds. The summed E-state index contributed by atoms with van der Waals surface area (Å²) in [6, 6.07) is 13.6. The maximum Gasteiger partial charge on any atom is 0.254 e. The van der Waals surface area contributed by atoms with Crippen LogP contribution in [0.5, 0.6) is 0 Å². The summed E-state index contributed by atoms with van der Waals surface area (Å²) in [6.07, 6.45) is 7.20. The number of hydrogen-bond acceptors (Lipinski definition) is 5. The molecule has 5 unspecified atom stereocenters. The van der Waals surface area contributed by atoms with E-state index in [0.29, 0.717) is 43.5 Å². The summed E-state index contributed by atoms with van der Waals surface area (Å²) in [5.41, 5.74) is 8.74. The van der Waals surface area contributed by atoms with Crippen molar-refractivity contribution in [3.05, 3.63) is 71.0 Å². The smallest absolute Gasteiger partial charge is 0.254 e. The molecule has 222 valence electrons. The van der Waals surface area contributed by atoms with Crippen LogP contribution in [0.4, 0.5) is 4.39 Å². The van der Waals surface area contributed by atoms with Gasteiger partial charge in [0.15, 0.2) is 0 Å². The first-order valence-electron chi connectivity index (χ1n) is 15.3. The normalized spacial score (nSPS) is 26.4. The van der Waals surface area contributed by atoms with Gasteiger partial charge in [-0.1, -0.05) is 36.2 Å². The van der Waals surface area contributed by atoms with Crippen molar-refractivity contribution in [1.82, 2.24) is 15.1 Å². The first-order chi connectivity index (χ1) is 19.9. The van der Waals surface area contributed by atoms with Crippen molar-refractivity contribution in [3.63, 3.8) is 0 Å². The van der Waals surface area contributed by atoms with Gasteiger partial charge in [0.05, 0.1) is 6.10 Å². The summed E-state index contributed by atoms with van der Waals surface area (Å²) >= 11 is 0. The molecule has 1 aliphatic carbocycles. The van der Waals surface area contributed by atoms with Gasteiger partial charge in [-0.2, -0.15) is 0 Å². The number of hydrogen-bond donors (Lipinski definition) is 2. The van der Waals surface area contributed by atoms with Gasteiger partial charge < -0.3 is 20.7 Å². The van der Waals surface area contributed by atoms with Crippen LogP contribution in [-0.4, -0.2) is 72.6 Å². The van der Waals surface area contributed by atoms with Crippen molar-refractivity contribution in [3.8, 4) is 0 Å². The lowest BCUT2D eigenvalue weighted by atomic mass is 9.81. The molecule has 0 spiro atoms. The number of rotatable bonds is 10.